The van der Waals surface area contributed by atoms with Gasteiger partial charge in [0.25, 0.3) is 0 Å². The number of nitrogens with one attached hydrogen (secondary N) is 2. The number of H-pyrrole nitrogens is 1. The predicted molar refractivity (Wildman–Crippen MR) is 83.3 cm³/mol. The molecule has 3 nitrogen and oxygen atoms in total. The van der Waals surface area contributed by atoms with Crippen molar-refractivity contribution in [3.05, 3.63) is 67.0 Å². The van der Waals surface area contributed by atoms with Crippen molar-refractivity contribution in [3.8, 4) is 0 Å². The largest absolute Gasteiger partial charge is 0.361 e. The number of pyridine rings is 1. The molecule has 2 heterocycles. The van der Waals surface area contributed by atoms with Gasteiger partial charge in [0, 0.05) is 40.1 Å². The highest BCUT2D eigenvalue weighted by atomic mass is 14.9. The molecule has 0 aliphatic rings. The summed E-state index contributed by atoms with van der Waals surface area (Å²) in [4.78, 5) is 7.74. The maximum Gasteiger partial charge on any atom is 0.0816 e. The SMILES string of the molecule is c1ccc(Nc2ccnc3c2ccc2[nH]ccc23)cc1. The highest BCUT2D eigenvalue weighted by Gasteiger charge is 2.06. The molecule has 4 rings (SSSR count). The summed E-state index contributed by atoms with van der Waals surface area (Å²) in [6.07, 6.45) is 3.79. The Kier molecular flexibility index (Phi) is 2.42. The molecule has 0 unspecified atom stereocenters. The molecule has 4 aromatic rings. The number of para-hydroxylation sites is 1. The van der Waals surface area contributed by atoms with Gasteiger partial charge in [0.1, 0.15) is 0 Å². The quantitative estimate of drug-likeness (QED) is 0.558. The van der Waals surface area contributed by atoms with Gasteiger partial charge in [-0.05, 0) is 36.4 Å². The Morgan fingerprint density at radius 3 is 2.65 bits per heavy atom. The molecule has 96 valence electrons. The molecule has 0 bridgehead atoms. The molecule has 0 aliphatic heterocycles. The number of nitrogens with zero attached hydrogens (tertiary/aromatic N) is 1. The van der Waals surface area contributed by atoms with Gasteiger partial charge in [-0.15, -0.1) is 0 Å². The number of hydrogen-bond donors (Lipinski definition) is 2. The van der Waals surface area contributed by atoms with Crippen LogP contribution in [0, 0.1) is 0 Å². The first kappa shape index (κ1) is 11.1. The Balaban J connectivity index is 1.91. The van der Waals surface area contributed by atoms with Crippen LogP contribution < -0.4 is 5.32 Å². The number of aromatic nitrogens is 2. The van der Waals surface area contributed by atoms with E-state index < -0.39 is 0 Å². The number of hydrogen-bond acceptors (Lipinski definition) is 2. The van der Waals surface area contributed by atoms with Crippen LogP contribution in [0.15, 0.2) is 67.0 Å². The second-order valence-electron chi connectivity index (χ2n) is 4.75. The summed E-state index contributed by atoms with van der Waals surface area (Å²) < 4.78 is 0. The van der Waals surface area contributed by atoms with E-state index >= 15 is 0 Å². The fourth-order valence-corrected chi connectivity index (χ4v) is 2.54. The second kappa shape index (κ2) is 4.38. The lowest BCUT2D eigenvalue weighted by atomic mass is 10.1. The van der Waals surface area contributed by atoms with Gasteiger partial charge in [0.2, 0.25) is 0 Å². The maximum absolute atomic E-state index is 4.52. The van der Waals surface area contributed by atoms with Gasteiger partial charge in [-0.2, -0.15) is 0 Å². The summed E-state index contributed by atoms with van der Waals surface area (Å²) in [5.41, 5.74) is 4.28. The van der Waals surface area contributed by atoms with Gasteiger partial charge in [0.05, 0.1) is 5.52 Å². The highest BCUT2D eigenvalue weighted by Crippen LogP contribution is 2.29. The molecular formula is C17H13N3. The van der Waals surface area contributed by atoms with E-state index in [1.54, 1.807) is 0 Å². The van der Waals surface area contributed by atoms with Crippen LogP contribution in [0.25, 0.3) is 21.8 Å². The fraction of sp³-hybridized carbons (Fsp3) is 0. The molecule has 0 atom stereocenters. The molecule has 2 N–H and O–H groups in total. The number of rotatable bonds is 2. The van der Waals surface area contributed by atoms with Crippen LogP contribution in [-0.4, -0.2) is 9.97 Å². The molecule has 0 amide bonds. The van der Waals surface area contributed by atoms with E-state index in [0.717, 1.165) is 33.2 Å². The van der Waals surface area contributed by atoms with Gasteiger partial charge >= 0.3 is 0 Å². The van der Waals surface area contributed by atoms with E-state index in [1.807, 2.05) is 36.7 Å². The number of anilines is 2. The minimum Gasteiger partial charge on any atom is -0.361 e. The van der Waals surface area contributed by atoms with Crippen molar-refractivity contribution in [2.75, 3.05) is 5.32 Å². The van der Waals surface area contributed by atoms with Crippen LogP contribution in [0.3, 0.4) is 0 Å². The van der Waals surface area contributed by atoms with Gasteiger partial charge in [-0.25, -0.2) is 0 Å². The number of benzene rings is 2. The molecule has 3 heteroatoms. The average Bonchev–Trinajstić information content (AvgIpc) is 2.97. The lowest BCUT2D eigenvalue weighted by Gasteiger charge is -2.09. The zero-order valence-corrected chi connectivity index (χ0v) is 10.8. The normalized spacial score (nSPS) is 11.0. The lowest BCUT2D eigenvalue weighted by Crippen LogP contribution is -1.92. The Bertz CT molecular complexity index is 878. The topological polar surface area (TPSA) is 40.7 Å². The summed E-state index contributed by atoms with van der Waals surface area (Å²) in [6.45, 7) is 0. The minimum absolute atomic E-state index is 1.02. The second-order valence-corrected chi connectivity index (χ2v) is 4.75. The zero-order chi connectivity index (χ0) is 13.4. The Morgan fingerprint density at radius 1 is 0.850 bits per heavy atom. The summed E-state index contributed by atoms with van der Waals surface area (Å²) in [5, 5.41) is 5.73. The van der Waals surface area contributed by atoms with Crippen molar-refractivity contribution >= 4 is 33.2 Å². The monoisotopic (exact) mass is 259 g/mol. The summed E-state index contributed by atoms with van der Waals surface area (Å²) in [7, 11) is 0. The molecule has 0 saturated carbocycles. The first-order chi connectivity index (χ1) is 9.92. The van der Waals surface area contributed by atoms with Crippen molar-refractivity contribution < 1.29 is 0 Å². The van der Waals surface area contributed by atoms with E-state index in [9.17, 15) is 0 Å². The molecule has 0 radical (unpaired) electrons. The van der Waals surface area contributed by atoms with Crippen LogP contribution in [0.4, 0.5) is 11.4 Å². The third-order valence-corrected chi connectivity index (χ3v) is 3.49. The van der Waals surface area contributed by atoms with Crippen LogP contribution >= 0.6 is 0 Å². The minimum atomic E-state index is 1.02. The van der Waals surface area contributed by atoms with Crippen LogP contribution in [0.2, 0.25) is 0 Å². The molecule has 20 heavy (non-hydrogen) atoms. The standard InChI is InChI=1S/C17H13N3/c1-2-4-12(5-3-1)20-16-9-11-19-17-13(16)6-7-15-14(17)8-10-18-15/h1-11,18H,(H,19,20). The Hall–Kier alpha value is -2.81. The highest BCUT2D eigenvalue weighted by molar-refractivity contribution is 6.08. The van der Waals surface area contributed by atoms with E-state index in [-0.39, 0.29) is 0 Å². The van der Waals surface area contributed by atoms with Crippen LogP contribution in [0.5, 0.6) is 0 Å². The van der Waals surface area contributed by atoms with Crippen LogP contribution in [0.1, 0.15) is 0 Å². The first-order valence-corrected chi connectivity index (χ1v) is 6.59. The third kappa shape index (κ3) is 1.72. The third-order valence-electron chi connectivity index (χ3n) is 3.49. The van der Waals surface area contributed by atoms with Gasteiger partial charge in [0.15, 0.2) is 0 Å². The number of aromatic amines is 1. The fourth-order valence-electron chi connectivity index (χ4n) is 2.54. The maximum atomic E-state index is 4.52. The van der Waals surface area contributed by atoms with Gasteiger partial charge in [-0.1, -0.05) is 18.2 Å². The molecule has 0 saturated heterocycles. The number of fused-ring (bicyclic) bond motifs is 3. The smallest absolute Gasteiger partial charge is 0.0816 e. The molecular weight excluding hydrogens is 246 g/mol. The van der Waals surface area contributed by atoms with Crippen molar-refractivity contribution in [3.63, 3.8) is 0 Å². The summed E-state index contributed by atoms with van der Waals surface area (Å²) in [6, 6.07) is 18.4. The van der Waals surface area contributed by atoms with Gasteiger partial charge in [-0.3, -0.25) is 4.98 Å². The molecule has 0 spiro atoms. The summed E-state index contributed by atoms with van der Waals surface area (Å²) >= 11 is 0. The van der Waals surface area contributed by atoms with Crippen molar-refractivity contribution in [2.24, 2.45) is 0 Å². The van der Waals surface area contributed by atoms with Crippen molar-refractivity contribution in [2.45, 2.75) is 0 Å². The Morgan fingerprint density at radius 2 is 1.75 bits per heavy atom. The molecule has 0 aliphatic carbocycles. The van der Waals surface area contributed by atoms with Gasteiger partial charge < -0.3 is 10.3 Å². The molecule has 0 fully saturated rings. The van der Waals surface area contributed by atoms with E-state index in [4.69, 9.17) is 0 Å². The Labute approximate surface area is 116 Å². The molecule has 2 aromatic heterocycles. The molecule has 2 aromatic carbocycles. The van der Waals surface area contributed by atoms with E-state index in [0.29, 0.717) is 0 Å². The predicted octanol–water partition coefficient (Wildman–Crippen LogP) is 4.46. The first-order valence-electron chi connectivity index (χ1n) is 6.59. The van der Waals surface area contributed by atoms with Crippen LogP contribution in [-0.2, 0) is 0 Å². The van der Waals surface area contributed by atoms with Crippen molar-refractivity contribution in [1.29, 1.82) is 0 Å². The zero-order valence-electron chi connectivity index (χ0n) is 10.8. The van der Waals surface area contributed by atoms with E-state index in [1.165, 1.54) is 0 Å². The lowest BCUT2D eigenvalue weighted by molar-refractivity contribution is 1.42. The summed E-state index contributed by atoms with van der Waals surface area (Å²) in [5.74, 6) is 0. The van der Waals surface area contributed by atoms with E-state index in [2.05, 4.69) is 45.6 Å². The average molecular weight is 259 g/mol. The van der Waals surface area contributed by atoms with Crippen molar-refractivity contribution in [1.82, 2.24) is 9.97 Å².